The maximum Gasteiger partial charge on any atom is 0.253 e. The van der Waals surface area contributed by atoms with Gasteiger partial charge in [0, 0.05) is 50.5 Å². The molecule has 4 rings (SSSR count). The zero-order chi connectivity index (χ0) is 20.1. The van der Waals surface area contributed by atoms with Crippen molar-refractivity contribution in [1.82, 2.24) is 14.8 Å². The van der Waals surface area contributed by atoms with Crippen molar-refractivity contribution in [3.8, 4) is 5.75 Å². The van der Waals surface area contributed by atoms with Crippen LogP contribution in [0, 0.1) is 0 Å². The summed E-state index contributed by atoms with van der Waals surface area (Å²) in [6, 6.07) is 13.7. The van der Waals surface area contributed by atoms with Gasteiger partial charge in [-0.2, -0.15) is 0 Å². The molecule has 29 heavy (non-hydrogen) atoms. The second kappa shape index (κ2) is 9.37. The minimum atomic E-state index is 0.0644. The Hall–Kier alpha value is -2.44. The molecule has 1 atom stereocenters. The number of piperidine rings is 2. The van der Waals surface area contributed by atoms with Gasteiger partial charge in [-0.1, -0.05) is 6.07 Å². The molecule has 2 aliphatic rings. The molecule has 0 aliphatic carbocycles. The summed E-state index contributed by atoms with van der Waals surface area (Å²) in [5.41, 5.74) is 7.82. The molecule has 0 radical (unpaired) electrons. The lowest BCUT2D eigenvalue weighted by atomic mass is 10.1. The number of carbonyl (C=O) groups is 1. The van der Waals surface area contributed by atoms with E-state index >= 15 is 0 Å². The number of carbonyl (C=O) groups excluding carboxylic acids is 1. The number of aromatic nitrogens is 1. The third kappa shape index (κ3) is 5.34. The first-order valence-electron chi connectivity index (χ1n) is 10.6. The van der Waals surface area contributed by atoms with Crippen molar-refractivity contribution >= 4 is 5.91 Å². The summed E-state index contributed by atoms with van der Waals surface area (Å²) in [5, 5.41) is 0. The predicted molar refractivity (Wildman–Crippen MR) is 113 cm³/mol. The quantitative estimate of drug-likeness (QED) is 0.844. The lowest BCUT2D eigenvalue weighted by Gasteiger charge is -2.32. The molecule has 2 fully saturated rings. The third-order valence-electron chi connectivity index (χ3n) is 5.80. The van der Waals surface area contributed by atoms with Crippen LogP contribution >= 0.6 is 0 Å². The van der Waals surface area contributed by atoms with Gasteiger partial charge in [-0.05, 0) is 62.1 Å². The monoisotopic (exact) mass is 394 g/mol. The number of ether oxygens (including phenoxy) is 1. The van der Waals surface area contributed by atoms with Crippen LogP contribution in [-0.2, 0) is 6.54 Å². The van der Waals surface area contributed by atoms with E-state index in [0.29, 0.717) is 12.1 Å². The number of nitrogens with zero attached hydrogens (tertiary/aromatic N) is 3. The number of amides is 1. The van der Waals surface area contributed by atoms with Gasteiger partial charge in [0.15, 0.2) is 0 Å². The summed E-state index contributed by atoms with van der Waals surface area (Å²) in [5.74, 6) is 0.898. The normalized spacial score (nSPS) is 21.1. The van der Waals surface area contributed by atoms with Gasteiger partial charge in [0.25, 0.3) is 5.91 Å². The Morgan fingerprint density at radius 2 is 1.86 bits per heavy atom. The van der Waals surface area contributed by atoms with Gasteiger partial charge in [-0.15, -0.1) is 0 Å². The number of hydrogen-bond acceptors (Lipinski definition) is 5. The van der Waals surface area contributed by atoms with Gasteiger partial charge in [-0.3, -0.25) is 14.7 Å². The number of rotatable bonds is 5. The molecule has 6 heteroatoms. The SMILES string of the molecule is N[C@H]1CCCN(C(=O)c2ccc(OC3CCN(Cc4ccccn4)CC3)cc2)C1. The van der Waals surface area contributed by atoms with E-state index in [9.17, 15) is 4.79 Å². The Balaban J connectivity index is 1.26. The van der Waals surface area contributed by atoms with Crippen molar-refractivity contribution in [2.45, 2.75) is 44.4 Å². The number of nitrogens with two attached hydrogens (primary N) is 1. The van der Waals surface area contributed by atoms with E-state index in [4.69, 9.17) is 10.5 Å². The third-order valence-corrected chi connectivity index (χ3v) is 5.80. The van der Waals surface area contributed by atoms with Crippen LogP contribution in [0.2, 0.25) is 0 Å². The van der Waals surface area contributed by atoms with E-state index in [1.165, 1.54) is 0 Å². The molecular formula is C23H30N4O2. The highest BCUT2D eigenvalue weighted by Gasteiger charge is 2.23. The molecule has 1 aromatic carbocycles. The molecule has 0 bridgehead atoms. The predicted octanol–water partition coefficient (Wildman–Crippen LogP) is 2.69. The summed E-state index contributed by atoms with van der Waals surface area (Å²) < 4.78 is 6.16. The smallest absolute Gasteiger partial charge is 0.253 e. The van der Waals surface area contributed by atoms with Gasteiger partial charge >= 0.3 is 0 Å². The van der Waals surface area contributed by atoms with Gasteiger partial charge in [0.2, 0.25) is 0 Å². The maximum atomic E-state index is 12.7. The molecule has 1 aromatic heterocycles. The molecule has 3 heterocycles. The van der Waals surface area contributed by atoms with E-state index in [1.807, 2.05) is 47.5 Å². The fourth-order valence-electron chi connectivity index (χ4n) is 4.15. The van der Waals surface area contributed by atoms with Crippen LogP contribution in [0.3, 0.4) is 0 Å². The molecule has 2 aliphatic heterocycles. The highest BCUT2D eigenvalue weighted by molar-refractivity contribution is 5.94. The molecule has 2 N–H and O–H groups in total. The van der Waals surface area contributed by atoms with E-state index in [2.05, 4.69) is 16.0 Å². The Labute approximate surface area is 172 Å². The van der Waals surface area contributed by atoms with E-state index in [-0.39, 0.29) is 18.1 Å². The number of likely N-dealkylation sites (tertiary alicyclic amines) is 2. The van der Waals surface area contributed by atoms with Gasteiger partial charge in [0.1, 0.15) is 11.9 Å². The highest BCUT2D eigenvalue weighted by atomic mass is 16.5. The minimum Gasteiger partial charge on any atom is -0.490 e. The minimum absolute atomic E-state index is 0.0644. The van der Waals surface area contributed by atoms with Crippen molar-refractivity contribution in [3.63, 3.8) is 0 Å². The average Bonchev–Trinajstić information content (AvgIpc) is 2.76. The lowest BCUT2D eigenvalue weighted by Crippen LogP contribution is -2.45. The van der Waals surface area contributed by atoms with Crippen LogP contribution in [0.25, 0.3) is 0 Å². The zero-order valence-electron chi connectivity index (χ0n) is 16.9. The fraction of sp³-hybridized carbons (Fsp3) is 0.478. The molecule has 0 unspecified atom stereocenters. The molecule has 0 spiro atoms. The van der Waals surface area contributed by atoms with Crippen LogP contribution in [0.1, 0.15) is 41.7 Å². The summed E-state index contributed by atoms with van der Waals surface area (Å²) in [7, 11) is 0. The standard InChI is InChI=1S/C23H30N4O2/c24-19-4-3-13-27(16-19)23(28)18-6-8-21(9-7-18)29-22-10-14-26(15-11-22)17-20-5-1-2-12-25-20/h1-2,5-9,12,19,22H,3-4,10-11,13-17,24H2/t19-/m0/s1. The van der Waals surface area contributed by atoms with Crippen molar-refractivity contribution in [3.05, 3.63) is 59.9 Å². The Morgan fingerprint density at radius 3 is 2.55 bits per heavy atom. The molecular weight excluding hydrogens is 364 g/mol. The number of hydrogen-bond donors (Lipinski definition) is 1. The average molecular weight is 395 g/mol. The van der Waals surface area contributed by atoms with Crippen molar-refractivity contribution < 1.29 is 9.53 Å². The second-order valence-electron chi connectivity index (χ2n) is 8.09. The van der Waals surface area contributed by atoms with Crippen LogP contribution in [0.15, 0.2) is 48.7 Å². The van der Waals surface area contributed by atoms with Crippen LogP contribution in [-0.4, -0.2) is 59.0 Å². The van der Waals surface area contributed by atoms with E-state index in [0.717, 1.165) is 63.3 Å². The molecule has 2 saturated heterocycles. The second-order valence-corrected chi connectivity index (χ2v) is 8.09. The van der Waals surface area contributed by atoms with Crippen molar-refractivity contribution in [2.24, 2.45) is 5.73 Å². The molecule has 154 valence electrons. The van der Waals surface area contributed by atoms with E-state index in [1.54, 1.807) is 0 Å². The van der Waals surface area contributed by atoms with Crippen LogP contribution in [0.5, 0.6) is 5.75 Å². The van der Waals surface area contributed by atoms with Gasteiger partial charge in [-0.25, -0.2) is 0 Å². The Bertz CT molecular complexity index is 788. The lowest BCUT2D eigenvalue weighted by molar-refractivity contribution is 0.0708. The van der Waals surface area contributed by atoms with Crippen LogP contribution < -0.4 is 10.5 Å². The number of benzene rings is 1. The largest absolute Gasteiger partial charge is 0.490 e. The molecule has 0 saturated carbocycles. The van der Waals surface area contributed by atoms with Crippen molar-refractivity contribution in [2.75, 3.05) is 26.2 Å². The van der Waals surface area contributed by atoms with Gasteiger partial charge in [0.05, 0.1) is 5.69 Å². The van der Waals surface area contributed by atoms with Crippen LogP contribution in [0.4, 0.5) is 0 Å². The molecule has 2 aromatic rings. The Morgan fingerprint density at radius 1 is 1.07 bits per heavy atom. The van der Waals surface area contributed by atoms with E-state index < -0.39 is 0 Å². The summed E-state index contributed by atoms with van der Waals surface area (Å²) >= 11 is 0. The molecule has 6 nitrogen and oxygen atoms in total. The highest BCUT2D eigenvalue weighted by Crippen LogP contribution is 2.21. The van der Waals surface area contributed by atoms with Crippen molar-refractivity contribution in [1.29, 1.82) is 0 Å². The maximum absolute atomic E-state index is 12.7. The topological polar surface area (TPSA) is 71.7 Å². The first-order valence-corrected chi connectivity index (χ1v) is 10.6. The Kier molecular flexibility index (Phi) is 6.42. The molecule has 1 amide bonds. The summed E-state index contributed by atoms with van der Waals surface area (Å²) in [4.78, 5) is 21.3. The number of pyridine rings is 1. The summed E-state index contributed by atoms with van der Waals surface area (Å²) in [6.07, 6.45) is 6.04. The first-order chi connectivity index (χ1) is 14.2. The summed E-state index contributed by atoms with van der Waals surface area (Å²) in [6.45, 7) is 4.35. The zero-order valence-corrected chi connectivity index (χ0v) is 16.9. The fourth-order valence-corrected chi connectivity index (χ4v) is 4.15. The first kappa shape index (κ1) is 19.9. The van der Waals surface area contributed by atoms with Gasteiger partial charge < -0.3 is 15.4 Å².